The number of ether oxygens (including phenoxy) is 1. The molecule has 0 aromatic rings. The zero-order valence-corrected chi connectivity index (χ0v) is 11.1. The van der Waals surface area contributed by atoms with Crippen molar-refractivity contribution in [2.24, 2.45) is 5.92 Å². The molecule has 2 rings (SSSR count). The number of nitrogens with zero attached hydrogens (tertiary/aromatic N) is 1. The van der Waals surface area contributed by atoms with E-state index in [-0.39, 0.29) is 12.2 Å². The van der Waals surface area contributed by atoms with Gasteiger partial charge in [0.15, 0.2) is 0 Å². The van der Waals surface area contributed by atoms with Crippen molar-refractivity contribution in [3.63, 3.8) is 0 Å². The van der Waals surface area contributed by atoms with Crippen molar-refractivity contribution in [3.8, 4) is 0 Å². The highest BCUT2D eigenvalue weighted by Crippen LogP contribution is 2.29. The fourth-order valence-corrected chi connectivity index (χ4v) is 3.22. The van der Waals surface area contributed by atoms with Crippen LogP contribution in [0.2, 0.25) is 0 Å². The molecule has 100 valence electrons. The SMILES string of the molecule is CCCN1CCOC(C(O)CC2CCCC2)C1. The third kappa shape index (κ3) is 3.94. The van der Waals surface area contributed by atoms with Crippen molar-refractivity contribution in [3.05, 3.63) is 0 Å². The van der Waals surface area contributed by atoms with Crippen LogP contribution >= 0.6 is 0 Å². The summed E-state index contributed by atoms with van der Waals surface area (Å²) in [6.45, 7) is 6.07. The van der Waals surface area contributed by atoms with Gasteiger partial charge in [0.25, 0.3) is 0 Å². The second-order valence-corrected chi connectivity index (χ2v) is 5.66. The van der Waals surface area contributed by atoms with Crippen LogP contribution in [0.4, 0.5) is 0 Å². The van der Waals surface area contributed by atoms with Gasteiger partial charge in [-0.15, -0.1) is 0 Å². The Labute approximate surface area is 105 Å². The zero-order chi connectivity index (χ0) is 12.1. The summed E-state index contributed by atoms with van der Waals surface area (Å²) in [7, 11) is 0. The van der Waals surface area contributed by atoms with Crippen molar-refractivity contribution >= 4 is 0 Å². The molecule has 0 aromatic carbocycles. The summed E-state index contributed by atoms with van der Waals surface area (Å²) in [5, 5.41) is 10.3. The van der Waals surface area contributed by atoms with E-state index in [4.69, 9.17) is 4.74 Å². The lowest BCUT2D eigenvalue weighted by Crippen LogP contribution is -2.48. The van der Waals surface area contributed by atoms with Crippen LogP contribution < -0.4 is 0 Å². The van der Waals surface area contributed by atoms with E-state index in [1.165, 1.54) is 32.1 Å². The van der Waals surface area contributed by atoms with Crippen molar-refractivity contribution in [1.82, 2.24) is 4.90 Å². The van der Waals surface area contributed by atoms with Crippen LogP contribution in [0, 0.1) is 5.92 Å². The summed E-state index contributed by atoms with van der Waals surface area (Å²) in [5.41, 5.74) is 0. The molecule has 2 aliphatic rings. The van der Waals surface area contributed by atoms with Gasteiger partial charge in [0.2, 0.25) is 0 Å². The summed E-state index contributed by atoms with van der Waals surface area (Å²) in [4.78, 5) is 2.42. The number of hydrogen-bond donors (Lipinski definition) is 1. The van der Waals surface area contributed by atoms with E-state index in [9.17, 15) is 5.11 Å². The van der Waals surface area contributed by atoms with E-state index >= 15 is 0 Å². The summed E-state index contributed by atoms with van der Waals surface area (Å²) in [6, 6.07) is 0. The molecule has 2 atom stereocenters. The predicted octanol–water partition coefficient (Wildman–Crippen LogP) is 2.04. The first-order valence-corrected chi connectivity index (χ1v) is 7.31. The highest BCUT2D eigenvalue weighted by atomic mass is 16.5. The molecule has 0 spiro atoms. The molecule has 1 aliphatic carbocycles. The van der Waals surface area contributed by atoms with Crippen LogP contribution in [0.5, 0.6) is 0 Å². The fourth-order valence-electron chi connectivity index (χ4n) is 3.22. The molecule has 1 heterocycles. The van der Waals surface area contributed by atoms with Gasteiger partial charge in [0, 0.05) is 13.1 Å². The largest absolute Gasteiger partial charge is 0.390 e. The first-order chi connectivity index (χ1) is 8.29. The molecule has 3 nitrogen and oxygen atoms in total. The minimum atomic E-state index is -0.252. The maximum Gasteiger partial charge on any atom is 0.0961 e. The molecule has 0 radical (unpaired) electrons. The Morgan fingerprint density at radius 2 is 2.12 bits per heavy atom. The maximum atomic E-state index is 10.3. The van der Waals surface area contributed by atoms with Gasteiger partial charge in [-0.3, -0.25) is 4.90 Å². The van der Waals surface area contributed by atoms with Gasteiger partial charge in [-0.05, 0) is 25.3 Å². The topological polar surface area (TPSA) is 32.7 Å². The standard InChI is InChI=1S/C14H27NO2/c1-2-7-15-8-9-17-14(11-15)13(16)10-12-5-3-4-6-12/h12-14,16H,2-11H2,1H3. The number of morpholine rings is 1. The van der Waals surface area contributed by atoms with E-state index in [0.29, 0.717) is 0 Å². The maximum absolute atomic E-state index is 10.3. The molecular formula is C14H27NO2. The molecule has 2 fully saturated rings. The van der Waals surface area contributed by atoms with Crippen molar-refractivity contribution in [1.29, 1.82) is 0 Å². The third-order valence-corrected chi connectivity index (χ3v) is 4.20. The third-order valence-electron chi connectivity index (χ3n) is 4.20. The van der Waals surface area contributed by atoms with Gasteiger partial charge in [0.05, 0.1) is 18.8 Å². The molecule has 17 heavy (non-hydrogen) atoms. The highest BCUT2D eigenvalue weighted by molar-refractivity contribution is 4.81. The minimum absolute atomic E-state index is 0.0518. The van der Waals surface area contributed by atoms with Crippen LogP contribution in [0.3, 0.4) is 0 Å². The van der Waals surface area contributed by atoms with Crippen LogP contribution in [-0.4, -0.2) is 48.5 Å². The highest BCUT2D eigenvalue weighted by Gasteiger charge is 2.29. The van der Waals surface area contributed by atoms with Gasteiger partial charge in [-0.25, -0.2) is 0 Å². The Balaban J connectivity index is 1.75. The summed E-state index contributed by atoms with van der Waals surface area (Å²) in [6.07, 6.45) is 7.25. The Morgan fingerprint density at radius 3 is 2.82 bits per heavy atom. The van der Waals surface area contributed by atoms with Gasteiger partial charge in [-0.2, -0.15) is 0 Å². The Hall–Kier alpha value is -0.120. The minimum Gasteiger partial charge on any atom is -0.390 e. The van der Waals surface area contributed by atoms with Crippen molar-refractivity contribution in [2.45, 2.75) is 57.7 Å². The zero-order valence-electron chi connectivity index (χ0n) is 11.1. The lowest BCUT2D eigenvalue weighted by Gasteiger charge is -2.35. The van der Waals surface area contributed by atoms with E-state index in [1.54, 1.807) is 0 Å². The number of aliphatic hydroxyl groups is 1. The smallest absolute Gasteiger partial charge is 0.0961 e. The molecule has 1 saturated carbocycles. The van der Waals surface area contributed by atoms with Gasteiger partial charge >= 0.3 is 0 Å². The first-order valence-electron chi connectivity index (χ1n) is 7.31. The van der Waals surface area contributed by atoms with E-state index < -0.39 is 0 Å². The average molecular weight is 241 g/mol. The quantitative estimate of drug-likeness (QED) is 0.799. The summed E-state index contributed by atoms with van der Waals surface area (Å²) >= 11 is 0. The molecule has 1 saturated heterocycles. The second kappa shape index (κ2) is 6.72. The van der Waals surface area contributed by atoms with Crippen molar-refractivity contribution in [2.75, 3.05) is 26.2 Å². The predicted molar refractivity (Wildman–Crippen MR) is 69.1 cm³/mol. The van der Waals surface area contributed by atoms with Crippen LogP contribution in [0.15, 0.2) is 0 Å². The summed E-state index contributed by atoms with van der Waals surface area (Å²) < 4.78 is 5.73. The number of rotatable bonds is 5. The average Bonchev–Trinajstić information content (AvgIpc) is 2.83. The Bertz CT molecular complexity index is 214. The molecule has 1 N–H and O–H groups in total. The first kappa shape index (κ1) is 13.3. The molecule has 0 aromatic heterocycles. The summed E-state index contributed by atoms with van der Waals surface area (Å²) in [5.74, 6) is 0.746. The van der Waals surface area contributed by atoms with E-state index in [0.717, 1.165) is 38.6 Å². The van der Waals surface area contributed by atoms with Gasteiger partial charge in [0.1, 0.15) is 0 Å². The molecule has 1 aliphatic heterocycles. The van der Waals surface area contributed by atoms with Crippen molar-refractivity contribution < 1.29 is 9.84 Å². The molecular weight excluding hydrogens is 214 g/mol. The normalized spacial score (nSPS) is 29.6. The van der Waals surface area contributed by atoms with Gasteiger partial charge < -0.3 is 9.84 Å². The lowest BCUT2D eigenvalue weighted by atomic mass is 9.96. The Morgan fingerprint density at radius 1 is 1.35 bits per heavy atom. The second-order valence-electron chi connectivity index (χ2n) is 5.66. The molecule has 2 unspecified atom stereocenters. The van der Waals surface area contributed by atoms with Crippen LogP contribution in [0.25, 0.3) is 0 Å². The number of aliphatic hydroxyl groups excluding tert-OH is 1. The fraction of sp³-hybridized carbons (Fsp3) is 1.00. The Kier molecular flexibility index (Phi) is 5.26. The van der Waals surface area contributed by atoms with E-state index in [2.05, 4.69) is 11.8 Å². The van der Waals surface area contributed by atoms with E-state index in [1.807, 2.05) is 0 Å². The molecule has 0 bridgehead atoms. The van der Waals surface area contributed by atoms with Gasteiger partial charge in [-0.1, -0.05) is 32.6 Å². The monoisotopic (exact) mass is 241 g/mol. The number of hydrogen-bond acceptors (Lipinski definition) is 3. The van der Waals surface area contributed by atoms with Crippen LogP contribution in [-0.2, 0) is 4.74 Å². The lowest BCUT2D eigenvalue weighted by molar-refractivity contribution is -0.0937. The molecule has 0 amide bonds. The molecule has 3 heteroatoms. The van der Waals surface area contributed by atoms with Crippen LogP contribution in [0.1, 0.15) is 45.4 Å².